The quantitative estimate of drug-likeness (QED) is 0.646. The van der Waals surface area contributed by atoms with Crippen LogP contribution in [0.15, 0.2) is 24.3 Å². The second-order valence-corrected chi connectivity index (χ2v) is 7.17. The van der Waals surface area contributed by atoms with E-state index in [2.05, 4.69) is 22.4 Å². The van der Waals surface area contributed by atoms with Crippen molar-refractivity contribution in [2.24, 2.45) is 5.92 Å². The number of fused-ring (bicyclic) bond motifs is 2. The summed E-state index contributed by atoms with van der Waals surface area (Å²) >= 11 is 0. The smallest absolute Gasteiger partial charge is 0.339 e. The first kappa shape index (κ1) is 17.6. The zero-order valence-electron chi connectivity index (χ0n) is 15.7. The molecule has 7 heteroatoms. The van der Waals surface area contributed by atoms with Gasteiger partial charge in [-0.05, 0) is 53.7 Å². The van der Waals surface area contributed by atoms with E-state index >= 15 is 0 Å². The van der Waals surface area contributed by atoms with Crippen LogP contribution < -0.4 is 0 Å². The molecule has 3 aromatic rings. The van der Waals surface area contributed by atoms with Crippen LogP contribution in [0.4, 0.5) is 0 Å². The molecule has 0 unspecified atom stereocenters. The second-order valence-electron chi connectivity index (χ2n) is 7.17. The topological polar surface area (TPSA) is 82.8 Å². The molecule has 0 saturated carbocycles. The maximum absolute atomic E-state index is 13.1. The van der Waals surface area contributed by atoms with Crippen LogP contribution in [-0.2, 0) is 30.7 Å². The summed E-state index contributed by atoms with van der Waals surface area (Å²) in [6.07, 6.45) is 3.76. The lowest BCUT2D eigenvalue weighted by molar-refractivity contribution is 0.0456. The summed E-state index contributed by atoms with van der Waals surface area (Å²) in [7, 11) is 0. The minimum absolute atomic E-state index is 0.0623. The zero-order chi connectivity index (χ0) is 18.8. The predicted molar refractivity (Wildman–Crippen MR) is 100 cm³/mol. The highest BCUT2D eigenvalue weighted by molar-refractivity contribution is 6.05. The van der Waals surface area contributed by atoms with Crippen molar-refractivity contribution >= 4 is 16.9 Å². The molecule has 0 fully saturated rings. The Morgan fingerprint density at radius 2 is 2.19 bits per heavy atom. The van der Waals surface area contributed by atoms with E-state index in [1.54, 1.807) is 4.68 Å². The number of tetrazole rings is 1. The molecular formula is C20H23N5O2. The van der Waals surface area contributed by atoms with Crippen molar-refractivity contribution < 1.29 is 9.53 Å². The molecule has 7 nitrogen and oxygen atoms in total. The largest absolute Gasteiger partial charge is 0.454 e. The number of hydrogen-bond donors (Lipinski definition) is 0. The van der Waals surface area contributed by atoms with Crippen LogP contribution in [0.3, 0.4) is 0 Å². The van der Waals surface area contributed by atoms with Gasteiger partial charge in [-0.15, -0.1) is 5.10 Å². The normalized spacial score (nSPS) is 16.3. The number of nitrogens with zero attached hydrogens (tertiary/aromatic N) is 5. The molecule has 0 bridgehead atoms. The molecule has 0 aliphatic heterocycles. The minimum Gasteiger partial charge on any atom is -0.454 e. The second kappa shape index (κ2) is 7.42. The van der Waals surface area contributed by atoms with E-state index in [1.165, 1.54) is 0 Å². The van der Waals surface area contributed by atoms with Gasteiger partial charge in [-0.2, -0.15) is 0 Å². The highest BCUT2D eigenvalue weighted by Gasteiger charge is 2.26. The maximum atomic E-state index is 13.1. The number of carbonyl (C=O) groups excluding carboxylic acids is 1. The summed E-state index contributed by atoms with van der Waals surface area (Å²) in [6.45, 7) is 5.03. The Hall–Kier alpha value is -2.83. The fraction of sp³-hybridized carbons (Fsp3) is 0.450. The van der Waals surface area contributed by atoms with Crippen LogP contribution in [0.5, 0.6) is 0 Å². The number of rotatable bonds is 5. The number of pyridine rings is 1. The Labute approximate surface area is 157 Å². The van der Waals surface area contributed by atoms with Gasteiger partial charge in [0, 0.05) is 17.6 Å². The molecule has 27 heavy (non-hydrogen) atoms. The van der Waals surface area contributed by atoms with E-state index in [0.29, 0.717) is 23.9 Å². The van der Waals surface area contributed by atoms with E-state index in [1.807, 2.05) is 31.2 Å². The lowest BCUT2D eigenvalue weighted by Crippen LogP contribution is -2.20. The molecule has 0 radical (unpaired) electrons. The van der Waals surface area contributed by atoms with Crippen LogP contribution in [0, 0.1) is 5.92 Å². The van der Waals surface area contributed by atoms with E-state index < -0.39 is 0 Å². The standard InChI is InChI=1S/C20H23N5O2/c1-3-10-25-18(22-23-24-25)12-27-20(26)19-14-6-4-5-7-16(14)21-17-9-8-13(2)11-15(17)19/h4-7,13H,3,8-12H2,1-2H3/t13-/m1/s1. The van der Waals surface area contributed by atoms with E-state index in [9.17, 15) is 4.79 Å². The number of ether oxygens (including phenoxy) is 1. The van der Waals surface area contributed by atoms with Gasteiger partial charge in [0.25, 0.3) is 0 Å². The zero-order valence-corrected chi connectivity index (χ0v) is 15.7. The molecule has 0 amide bonds. The van der Waals surface area contributed by atoms with Crippen molar-refractivity contribution in [3.8, 4) is 0 Å². The van der Waals surface area contributed by atoms with Crippen molar-refractivity contribution in [3.05, 3.63) is 46.9 Å². The van der Waals surface area contributed by atoms with Gasteiger partial charge in [-0.3, -0.25) is 4.98 Å². The molecule has 1 atom stereocenters. The van der Waals surface area contributed by atoms with E-state index in [0.717, 1.165) is 47.8 Å². The molecule has 1 aliphatic carbocycles. The number of aromatic nitrogens is 5. The molecule has 0 spiro atoms. The van der Waals surface area contributed by atoms with Gasteiger partial charge >= 0.3 is 5.97 Å². The Morgan fingerprint density at radius 3 is 3.04 bits per heavy atom. The molecule has 140 valence electrons. The minimum atomic E-state index is -0.329. The Morgan fingerprint density at radius 1 is 1.33 bits per heavy atom. The van der Waals surface area contributed by atoms with Crippen molar-refractivity contribution in [2.45, 2.75) is 52.7 Å². The van der Waals surface area contributed by atoms with E-state index in [4.69, 9.17) is 9.72 Å². The van der Waals surface area contributed by atoms with Crippen molar-refractivity contribution in [3.63, 3.8) is 0 Å². The van der Waals surface area contributed by atoms with Gasteiger partial charge in [0.2, 0.25) is 0 Å². The molecule has 2 aromatic heterocycles. The summed E-state index contributed by atoms with van der Waals surface area (Å²) in [5, 5.41) is 12.4. The maximum Gasteiger partial charge on any atom is 0.339 e. The summed E-state index contributed by atoms with van der Waals surface area (Å²) in [6, 6.07) is 7.77. The van der Waals surface area contributed by atoms with Gasteiger partial charge in [0.05, 0.1) is 11.1 Å². The number of carbonyl (C=O) groups is 1. The first-order chi connectivity index (χ1) is 13.2. The molecule has 4 rings (SSSR count). The Bertz CT molecular complexity index is 982. The number of benzene rings is 1. The lowest BCUT2D eigenvalue weighted by atomic mass is 9.84. The summed E-state index contributed by atoms with van der Waals surface area (Å²) in [5.41, 5.74) is 3.55. The first-order valence-electron chi connectivity index (χ1n) is 9.50. The molecule has 1 aromatic carbocycles. The Balaban J connectivity index is 1.68. The lowest BCUT2D eigenvalue weighted by Gasteiger charge is -2.24. The molecular weight excluding hydrogens is 342 g/mol. The van der Waals surface area contributed by atoms with Crippen molar-refractivity contribution in [1.29, 1.82) is 0 Å². The molecule has 0 saturated heterocycles. The third-order valence-corrected chi connectivity index (χ3v) is 5.08. The van der Waals surface area contributed by atoms with Crippen LogP contribution in [0.1, 0.15) is 54.1 Å². The van der Waals surface area contributed by atoms with Gasteiger partial charge < -0.3 is 4.74 Å². The third-order valence-electron chi connectivity index (χ3n) is 5.08. The van der Waals surface area contributed by atoms with Crippen LogP contribution in [0.2, 0.25) is 0 Å². The fourth-order valence-corrected chi connectivity index (χ4v) is 3.71. The number of esters is 1. The number of aryl methyl sites for hydroxylation is 2. The predicted octanol–water partition coefficient (Wildman–Crippen LogP) is 3.11. The Kier molecular flexibility index (Phi) is 4.83. The van der Waals surface area contributed by atoms with Crippen LogP contribution in [-0.4, -0.2) is 31.2 Å². The SMILES string of the molecule is CCCn1nnnc1COC(=O)c1c2c(nc3ccccc13)CC[C@@H](C)C2. The average Bonchev–Trinajstić information content (AvgIpc) is 3.12. The summed E-state index contributed by atoms with van der Waals surface area (Å²) in [5.74, 6) is 0.764. The summed E-state index contributed by atoms with van der Waals surface area (Å²) in [4.78, 5) is 17.9. The van der Waals surface area contributed by atoms with Gasteiger partial charge in [0.1, 0.15) is 0 Å². The first-order valence-corrected chi connectivity index (χ1v) is 9.50. The van der Waals surface area contributed by atoms with Gasteiger partial charge in [-0.1, -0.05) is 32.0 Å². The van der Waals surface area contributed by atoms with Gasteiger partial charge in [0.15, 0.2) is 12.4 Å². The molecule has 1 aliphatic rings. The number of para-hydroxylation sites is 1. The van der Waals surface area contributed by atoms with Crippen molar-refractivity contribution in [2.75, 3.05) is 0 Å². The van der Waals surface area contributed by atoms with Crippen LogP contribution in [0.25, 0.3) is 10.9 Å². The highest BCUT2D eigenvalue weighted by atomic mass is 16.5. The third kappa shape index (κ3) is 3.41. The highest BCUT2D eigenvalue weighted by Crippen LogP contribution is 2.32. The summed E-state index contributed by atoms with van der Waals surface area (Å²) < 4.78 is 7.31. The molecule has 2 heterocycles. The monoisotopic (exact) mass is 365 g/mol. The number of hydrogen-bond acceptors (Lipinski definition) is 6. The van der Waals surface area contributed by atoms with Crippen LogP contribution >= 0.6 is 0 Å². The molecule has 0 N–H and O–H groups in total. The fourth-order valence-electron chi connectivity index (χ4n) is 3.71. The van der Waals surface area contributed by atoms with E-state index in [-0.39, 0.29) is 12.6 Å². The van der Waals surface area contributed by atoms with Gasteiger partial charge in [-0.25, -0.2) is 9.48 Å². The van der Waals surface area contributed by atoms with Crippen molar-refractivity contribution in [1.82, 2.24) is 25.2 Å². The average molecular weight is 365 g/mol.